The van der Waals surface area contributed by atoms with E-state index >= 15 is 0 Å². The van der Waals surface area contributed by atoms with Gasteiger partial charge in [-0.25, -0.2) is 4.98 Å². The van der Waals surface area contributed by atoms with Crippen LogP contribution >= 0.6 is 22.9 Å². The molecule has 2 aromatic heterocycles. The van der Waals surface area contributed by atoms with Crippen molar-refractivity contribution in [3.05, 3.63) is 80.9 Å². The van der Waals surface area contributed by atoms with Gasteiger partial charge in [0.05, 0.1) is 16.2 Å². The third-order valence-corrected chi connectivity index (χ3v) is 5.48. The van der Waals surface area contributed by atoms with E-state index in [-0.39, 0.29) is 5.91 Å². The lowest BCUT2D eigenvalue weighted by Crippen LogP contribution is -2.22. The second-order valence-corrected chi connectivity index (χ2v) is 8.08. The molecule has 1 amide bonds. The van der Waals surface area contributed by atoms with Crippen LogP contribution in [0.15, 0.2) is 54.0 Å². The van der Waals surface area contributed by atoms with Gasteiger partial charge in [-0.3, -0.25) is 9.48 Å². The summed E-state index contributed by atoms with van der Waals surface area (Å²) in [7, 11) is 0. The second-order valence-electron chi connectivity index (χ2n) is 6.59. The minimum Gasteiger partial charge on any atom is -0.348 e. The molecule has 2 heterocycles. The van der Waals surface area contributed by atoms with Gasteiger partial charge in [-0.05, 0) is 36.8 Å². The number of carbonyl (C=O) groups excluding carboxylic acids is 1. The summed E-state index contributed by atoms with van der Waals surface area (Å²) >= 11 is 7.65. The van der Waals surface area contributed by atoms with E-state index in [0.29, 0.717) is 17.1 Å². The van der Waals surface area contributed by atoms with Crippen LogP contribution < -0.4 is 5.32 Å². The summed E-state index contributed by atoms with van der Waals surface area (Å²) < 4.78 is 1.91. The number of amides is 1. The number of rotatable bonds is 6. The maximum Gasteiger partial charge on any atom is 0.251 e. The predicted molar refractivity (Wildman–Crippen MR) is 113 cm³/mol. The van der Waals surface area contributed by atoms with Crippen LogP contribution in [0.4, 0.5) is 0 Å². The van der Waals surface area contributed by atoms with Gasteiger partial charge in [0.25, 0.3) is 5.91 Å². The first-order valence-corrected chi connectivity index (χ1v) is 10.2. The monoisotopic (exact) mass is 410 g/mol. The van der Waals surface area contributed by atoms with Gasteiger partial charge in [0, 0.05) is 47.1 Å². The number of nitrogens with one attached hydrogen (secondary N) is 1. The van der Waals surface area contributed by atoms with Crippen LogP contribution in [0.2, 0.25) is 5.02 Å². The van der Waals surface area contributed by atoms with Crippen LogP contribution in [0.5, 0.6) is 0 Å². The molecule has 0 fully saturated rings. The summed E-state index contributed by atoms with van der Waals surface area (Å²) in [5.74, 6) is -0.130. The molecule has 28 heavy (non-hydrogen) atoms. The number of aryl methyl sites for hydroxylation is 3. The topological polar surface area (TPSA) is 59.8 Å². The van der Waals surface area contributed by atoms with E-state index in [4.69, 9.17) is 11.6 Å². The quantitative estimate of drug-likeness (QED) is 0.504. The molecule has 0 aliphatic heterocycles. The van der Waals surface area contributed by atoms with Gasteiger partial charge in [0.1, 0.15) is 0 Å². The Kier molecular flexibility index (Phi) is 5.41. The summed E-state index contributed by atoms with van der Waals surface area (Å²) in [6, 6.07) is 13.0. The van der Waals surface area contributed by atoms with Crippen molar-refractivity contribution in [2.24, 2.45) is 0 Å². The molecule has 0 aliphatic carbocycles. The highest BCUT2D eigenvalue weighted by Gasteiger charge is 2.09. The van der Waals surface area contributed by atoms with E-state index in [2.05, 4.69) is 20.8 Å². The Balaban J connectivity index is 1.42. The Hall–Kier alpha value is -2.70. The van der Waals surface area contributed by atoms with E-state index in [1.165, 1.54) is 0 Å². The van der Waals surface area contributed by atoms with Crippen molar-refractivity contribution in [1.82, 2.24) is 20.1 Å². The van der Waals surface area contributed by atoms with E-state index in [9.17, 15) is 4.79 Å². The van der Waals surface area contributed by atoms with Crippen molar-refractivity contribution in [2.75, 3.05) is 0 Å². The minimum atomic E-state index is -0.130. The lowest BCUT2D eigenvalue weighted by atomic mass is 10.1. The van der Waals surface area contributed by atoms with Crippen LogP contribution in [0.1, 0.15) is 26.6 Å². The molecule has 0 atom stereocenters. The minimum absolute atomic E-state index is 0.130. The number of carbonyl (C=O) groups is 1. The number of benzene rings is 2. The zero-order valence-electron chi connectivity index (χ0n) is 15.4. The van der Waals surface area contributed by atoms with Crippen molar-refractivity contribution in [3.8, 4) is 0 Å². The average molecular weight is 411 g/mol. The Bertz CT molecular complexity index is 1130. The first-order valence-electron chi connectivity index (χ1n) is 8.98. The molecule has 0 unspecified atom stereocenters. The van der Waals surface area contributed by atoms with E-state index in [1.807, 2.05) is 60.3 Å². The molecule has 0 spiro atoms. The van der Waals surface area contributed by atoms with Gasteiger partial charge >= 0.3 is 0 Å². The number of hydrogen-bond donors (Lipinski definition) is 1. The maximum absolute atomic E-state index is 12.5. The van der Waals surface area contributed by atoms with Crippen molar-refractivity contribution in [3.63, 3.8) is 0 Å². The van der Waals surface area contributed by atoms with Crippen LogP contribution in [0, 0.1) is 6.92 Å². The standard InChI is InChI=1S/C21H19ClN4OS/c1-14-24-19(13-28-14)7-8-26-12-17-6-5-16(10-20(17)25-26)21(27)23-11-15-3-2-4-18(22)9-15/h2-6,9-10,12-13H,7-8,11H2,1H3,(H,23,27). The highest BCUT2D eigenvalue weighted by atomic mass is 35.5. The summed E-state index contributed by atoms with van der Waals surface area (Å²) in [5, 5.41) is 12.4. The molecule has 2 aromatic carbocycles. The molecule has 142 valence electrons. The SMILES string of the molecule is Cc1nc(CCn2cc3ccc(C(=O)NCc4cccc(Cl)c4)cc3n2)cs1. The van der Waals surface area contributed by atoms with Crippen LogP contribution in [0.3, 0.4) is 0 Å². The van der Waals surface area contributed by atoms with E-state index in [0.717, 1.165) is 40.1 Å². The smallest absolute Gasteiger partial charge is 0.251 e. The van der Waals surface area contributed by atoms with Gasteiger partial charge in [-0.1, -0.05) is 29.8 Å². The molecular formula is C21H19ClN4OS. The highest BCUT2D eigenvalue weighted by molar-refractivity contribution is 7.09. The molecule has 0 bridgehead atoms. The lowest BCUT2D eigenvalue weighted by Gasteiger charge is -2.06. The molecule has 0 saturated carbocycles. The van der Waals surface area contributed by atoms with Crippen molar-refractivity contribution in [1.29, 1.82) is 0 Å². The largest absolute Gasteiger partial charge is 0.348 e. The fourth-order valence-corrected chi connectivity index (χ4v) is 3.87. The van der Waals surface area contributed by atoms with Crippen molar-refractivity contribution in [2.45, 2.75) is 26.4 Å². The van der Waals surface area contributed by atoms with Crippen LogP contribution in [-0.2, 0) is 19.5 Å². The second kappa shape index (κ2) is 8.12. The van der Waals surface area contributed by atoms with Crippen LogP contribution in [0.25, 0.3) is 10.9 Å². The first kappa shape index (κ1) is 18.7. The third-order valence-electron chi connectivity index (χ3n) is 4.42. The number of thiazole rings is 1. The predicted octanol–water partition coefficient (Wildman–Crippen LogP) is 4.63. The van der Waals surface area contributed by atoms with Gasteiger partial charge in [0.2, 0.25) is 0 Å². The lowest BCUT2D eigenvalue weighted by molar-refractivity contribution is 0.0951. The fourth-order valence-electron chi connectivity index (χ4n) is 3.01. The molecular weight excluding hydrogens is 392 g/mol. The van der Waals surface area contributed by atoms with Gasteiger partial charge in [0.15, 0.2) is 0 Å². The summed E-state index contributed by atoms with van der Waals surface area (Å²) in [4.78, 5) is 17.0. The molecule has 4 rings (SSSR count). The third kappa shape index (κ3) is 4.40. The molecule has 0 saturated heterocycles. The Morgan fingerprint density at radius 1 is 1.25 bits per heavy atom. The Morgan fingerprint density at radius 3 is 2.93 bits per heavy atom. The van der Waals surface area contributed by atoms with Gasteiger partial charge in [-0.2, -0.15) is 5.10 Å². The Labute approximate surface area is 172 Å². The molecule has 0 aliphatic rings. The molecule has 4 aromatic rings. The molecule has 1 N–H and O–H groups in total. The highest BCUT2D eigenvalue weighted by Crippen LogP contribution is 2.16. The van der Waals surface area contributed by atoms with E-state index in [1.54, 1.807) is 11.3 Å². The summed E-state index contributed by atoms with van der Waals surface area (Å²) in [6.07, 6.45) is 2.84. The average Bonchev–Trinajstić information content (AvgIpc) is 3.29. The summed E-state index contributed by atoms with van der Waals surface area (Å²) in [6.45, 7) is 3.20. The number of fused-ring (bicyclic) bond motifs is 1. The fraction of sp³-hybridized carbons (Fsp3) is 0.190. The van der Waals surface area contributed by atoms with Crippen LogP contribution in [-0.4, -0.2) is 20.7 Å². The number of nitrogens with zero attached hydrogens (tertiary/aromatic N) is 3. The van der Waals surface area contributed by atoms with Gasteiger partial charge in [-0.15, -0.1) is 11.3 Å². The van der Waals surface area contributed by atoms with E-state index < -0.39 is 0 Å². The van der Waals surface area contributed by atoms with Crippen molar-refractivity contribution < 1.29 is 4.79 Å². The maximum atomic E-state index is 12.5. The summed E-state index contributed by atoms with van der Waals surface area (Å²) in [5.41, 5.74) is 3.45. The Morgan fingerprint density at radius 2 is 2.14 bits per heavy atom. The number of aromatic nitrogens is 3. The molecule has 7 heteroatoms. The first-order chi connectivity index (χ1) is 13.6. The van der Waals surface area contributed by atoms with Crippen molar-refractivity contribution >= 4 is 39.7 Å². The zero-order chi connectivity index (χ0) is 19.5. The van der Waals surface area contributed by atoms with Gasteiger partial charge < -0.3 is 5.32 Å². The normalized spacial score (nSPS) is 11.1. The zero-order valence-corrected chi connectivity index (χ0v) is 16.9. The number of halogens is 1. The number of hydrogen-bond acceptors (Lipinski definition) is 4. The molecule has 5 nitrogen and oxygen atoms in total. The molecule has 0 radical (unpaired) electrons.